The Labute approximate surface area is 190 Å². The van der Waals surface area contributed by atoms with Gasteiger partial charge in [0.25, 0.3) is 0 Å². The Morgan fingerprint density at radius 2 is 1.59 bits per heavy atom. The summed E-state index contributed by atoms with van der Waals surface area (Å²) < 4.78 is 41.2. The molecule has 0 amide bonds. The lowest BCUT2D eigenvalue weighted by Gasteiger charge is -2.34. The van der Waals surface area contributed by atoms with Crippen molar-refractivity contribution in [2.75, 3.05) is 31.1 Å². The van der Waals surface area contributed by atoms with E-state index in [2.05, 4.69) is 10.0 Å². The first-order valence-corrected chi connectivity index (χ1v) is 10.8. The van der Waals surface area contributed by atoms with E-state index in [0.29, 0.717) is 5.69 Å². The van der Waals surface area contributed by atoms with Crippen LogP contribution in [0.3, 0.4) is 0 Å². The SMILES string of the molecule is Cc1cc(/C=N\N2CCN(c3ccc(Cl)cc3)CC2)c(C)n1-c1cccc(C(F)(F)F)c1. The maximum absolute atomic E-state index is 13.1. The van der Waals surface area contributed by atoms with Crippen LogP contribution in [0.4, 0.5) is 18.9 Å². The number of aryl methyl sites for hydroxylation is 1. The molecule has 4 nitrogen and oxygen atoms in total. The normalized spacial score (nSPS) is 15.1. The Balaban J connectivity index is 1.46. The van der Waals surface area contributed by atoms with Gasteiger partial charge in [0.15, 0.2) is 0 Å². The van der Waals surface area contributed by atoms with Gasteiger partial charge in [0.1, 0.15) is 0 Å². The molecule has 8 heteroatoms. The second-order valence-electron chi connectivity index (χ2n) is 7.87. The van der Waals surface area contributed by atoms with Gasteiger partial charge in [-0.25, -0.2) is 0 Å². The van der Waals surface area contributed by atoms with Crippen molar-refractivity contribution < 1.29 is 13.2 Å². The summed E-state index contributed by atoms with van der Waals surface area (Å²) >= 11 is 5.97. The number of nitrogens with zero attached hydrogens (tertiary/aromatic N) is 4. The lowest BCUT2D eigenvalue weighted by molar-refractivity contribution is -0.137. The van der Waals surface area contributed by atoms with Gasteiger partial charge in [0.05, 0.1) is 24.9 Å². The number of hydrogen-bond donors (Lipinski definition) is 0. The summed E-state index contributed by atoms with van der Waals surface area (Å²) in [5, 5.41) is 7.37. The number of rotatable bonds is 4. The first-order chi connectivity index (χ1) is 15.2. The molecular formula is C24H24ClF3N4. The molecule has 0 aliphatic carbocycles. The first kappa shape index (κ1) is 22.3. The number of anilines is 1. The van der Waals surface area contributed by atoms with Gasteiger partial charge >= 0.3 is 6.18 Å². The van der Waals surface area contributed by atoms with E-state index in [0.717, 1.165) is 59.9 Å². The van der Waals surface area contributed by atoms with Gasteiger partial charge in [-0.05, 0) is 62.4 Å². The predicted octanol–water partition coefficient (Wildman–Crippen LogP) is 5.92. The third-order valence-electron chi connectivity index (χ3n) is 5.71. The lowest BCUT2D eigenvalue weighted by atomic mass is 10.2. The molecule has 2 aromatic carbocycles. The van der Waals surface area contributed by atoms with Crippen molar-refractivity contribution in [3.8, 4) is 5.69 Å². The molecule has 4 rings (SSSR count). The lowest BCUT2D eigenvalue weighted by Crippen LogP contribution is -2.44. The van der Waals surface area contributed by atoms with Crippen LogP contribution in [0, 0.1) is 13.8 Å². The van der Waals surface area contributed by atoms with Crippen LogP contribution in [0.1, 0.15) is 22.5 Å². The van der Waals surface area contributed by atoms with Crippen LogP contribution in [0.2, 0.25) is 5.02 Å². The van der Waals surface area contributed by atoms with E-state index in [1.165, 1.54) is 12.1 Å². The minimum absolute atomic E-state index is 0.492. The van der Waals surface area contributed by atoms with Crippen molar-refractivity contribution in [2.45, 2.75) is 20.0 Å². The molecular weight excluding hydrogens is 437 g/mol. The molecule has 1 aliphatic heterocycles. The molecule has 0 unspecified atom stereocenters. The van der Waals surface area contributed by atoms with Gasteiger partial charge < -0.3 is 9.47 Å². The van der Waals surface area contributed by atoms with E-state index in [4.69, 9.17) is 11.6 Å². The third kappa shape index (κ3) is 4.78. The highest BCUT2D eigenvalue weighted by Gasteiger charge is 2.30. The molecule has 0 atom stereocenters. The summed E-state index contributed by atoms with van der Waals surface area (Å²) in [6.45, 7) is 7.05. The average molecular weight is 461 g/mol. The van der Waals surface area contributed by atoms with E-state index in [-0.39, 0.29) is 0 Å². The largest absolute Gasteiger partial charge is 0.416 e. The minimum Gasteiger partial charge on any atom is -0.368 e. The van der Waals surface area contributed by atoms with Crippen molar-refractivity contribution >= 4 is 23.5 Å². The quantitative estimate of drug-likeness (QED) is 0.451. The number of aromatic nitrogens is 1. The van der Waals surface area contributed by atoms with Crippen LogP contribution in [-0.2, 0) is 6.18 Å². The number of alkyl halides is 3. The van der Waals surface area contributed by atoms with Gasteiger partial charge in [0.2, 0.25) is 0 Å². The van der Waals surface area contributed by atoms with Gasteiger partial charge in [-0.15, -0.1) is 0 Å². The molecule has 32 heavy (non-hydrogen) atoms. The van der Waals surface area contributed by atoms with Crippen LogP contribution in [0.15, 0.2) is 59.7 Å². The van der Waals surface area contributed by atoms with Crippen LogP contribution in [-0.4, -0.2) is 42.0 Å². The molecule has 0 radical (unpaired) electrons. The highest BCUT2D eigenvalue weighted by atomic mass is 35.5. The zero-order chi connectivity index (χ0) is 22.9. The Morgan fingerprint density at radius 1 is 0.906 bits per heavy atom. The molecule has 1 saturated heterocycles. The average Bonchev–Trinajstić information content (AvgIpc) is 3.06. The standard InChI is InChI=1S/C24H24ClF3N4/c1-17-14-19(18(2)32(17)23-5-3-4-20(15-23)24(26,27)28)16-29-31-12-10-30(11-13-31)22-8-6-21(25)7-9-22/h3-9,14-16H,10-13H2,1-2H3/b29-16-. The van der Waals surface area contributed by atoms with Crippen LogP contribution in [0.5, 0.6) is 0 Å². The maximum atomic E-state index is 13.1. The Bertz CT molecular complexity index is 1110. The summed E-state index contributed by atoms with van der Waals surface area (Å²) in [6.07, 6.45) is -2.58. The smallest absolute Gasteiger partial charge is 0.368 e. The molecule has 1 fully saturated rings. The molecule has 0 saturated carbocycles. The summed E-state index contributed by atoms with van der Waals surface area (Å²) in [5.41, 5.74) is 3.58. The van der Waals surface area contributed by atoms with Crippen LogP contribution >= 0.6 is 11.6 Å². The fourth-order valence-electron chi connectivity index (χ4n) is 4.00. The first-order valence-electron chi connectivity index (χ1n) is 10.4. The Kier molecular flexibility index (Phi) is 6.20. The molecule has 2 heterocycles. The molecule has 0 spiro atoms. The third-order valence-corrected chi connectivity index (χ3v) is 5.96. The van der Waals surface area contributed by atoms with E-state index in [9.17, 15) is 13.2 Å². The summed E-state index contributed by atoms with van der Waals surface area (Å²) in [7, 11) is 0. The maximum Gasteiger partial charge on any atom is 0.416 e. The zero-order valence-corrected chi connectivity index (χ0v) is 18.7. The van der Waals surface area contributed by atoms with Crippen molar-refractivity contribution in [1.29, 1.82) is 0 Å². The predicted molar refractivity (Wildman–Crippen MR) is 123 cm³/mol. The van der Waals surface area contributed by atoms with E-state index >= 15 is 0 Å². The zero-order valence-electron chi connectivity index (χ0n) is 17.9. The number of hydrazone groups is 1. The van der Waals surface area contributed by atoms with Crippen LogP contribution in [0.25, 0.3) is 5.69 Å². The van der Waals surface area contributed by atoms with E-state index in [1.54, 1.807) is 12.3 Å². The van der Waals surface area contributed by atoms with Crippen molar-refractivity contribution in [1.82, 2.24) is 9.58 Å². The number of hydrogen-bond acceptors (Lipinski definition) is 3. The number of piperazine rings is 1. The molecule has 0 bridgehead atoms. The second-order valence-corrected chi connectivity index (χ2v) is 8.31. The van der Waals surface area contributed by atoms with Gasteiger partial charge in [-0.2, -0.15) is 18.3 Å². The summed E-state index contributed by atoms with van der Waals surface area (Å²) in [6, 6.07) is 15.2. The minimum atomic E-state index is -4.37. The molecule has 168 valence electrons. The van der Waals surface area contributed by atoms with Gasteiger partial charge in [0, 0.05) is 46.4 Å². The monoisotopic (exact) mass is 460 g/mol. The summed E-state index contributed by atoms with van der Waals surface area (Å²) in [4.78, 5) is 2.29. The molecule has 1 aliphatic rings. The van der Waals surface area contributed by atoms with E-state index in [1.807, 2.05) is 53.8 Å². The van der Waals surface area contributed by atoms with E-state index < -0.39 is 11.7 Å². The van der Waals surface area contributed by atoms with Gasteiger partial charge in [-0.1, -0.05) is 17.7 Å². The second kappa shape index (κ2) is 8.90. The van der Waals surface area contributed by atoms with Crippen LogP contribution < -0.4 is 4.90 Å². The molecule has 0 N–H and O–H groups in total. The Hall–Kier alpha value is -2.93. The number of benzene rings is 2. The topological polar surface area (TPSA) is 23.8 Å². The molecule has 3 aromatic rings. The Morgan fingerprint density at radius 3 is 2.25 bits per heavy atom. The summed E-state index contributed by atoms with van der Waals surface area (Å²) in [5.74, 6) is 0. The fourth-order valence-corrected chi connectivity index (χ4v) is 4.13. The van der Waals surface area contributed by atoms with Crippen molar-refractivity contribution in [3.05, 3.63) is 82.1 Å². The highest BCUT2D eigenvalue weighted by molar-refractivity contribution is 6.30. The fraction of sp³-hybridized carbons (Fsp3) is 0.292. The number of halogens is 4. The highest BCUT2D eigenvalue weighted by Crippen LogP contribution is 2.31. The van der Waals surface area contributed by atoms with Gasteiger partial charge in [-0.3, -0.25) is 5.01 Å². The van der Waals surface area contributed by atoms with Crippen molar-refractivity contribution in [3.63, 3.8) is 0 Å². The van der Waals surface area contributed by atoms with Crippen molar-refractivity contribution in [2.24, 2.45) is 5.10 Å². The molecule has 1 aromatic heterocycles.